The van der Waals surface area contributed by atoms with Gasteiger partial charge in [-0.25, -0.2) is 4.39 Å². The van der Waals surface area contributed by atoms with Crippen LogP contribution in [0.2, 0.25) is 0 Å². The number of aromatic nitrogens is 3. The first-order valence-corrected chi connectivity index (χ1v) is 11.0. The number of hydrogen-bond acceptors (Lipinski definition) is 5. The van der Waals surface area contributed by atoms with Gasteiger partial charge in [0.1, 0.15) is 5.82 Å². The van der Waals surface area contributed by atoms with Gasteiger partial charge in [0, 0.05) is 18.8 Å². The molecule has 0 aliphatic carbocycles. The van der Waals surface area contributed by atoms with Crippen LogP contribution in [0.4, 0.5) is 4.39 Å². The summed E-state index contributed by atoms with van der Waals surface area (Å²) in [6, 6.07) is 15.7. The number of rotatable bonds is 7. The van der Waals surface area contributed by atoms with Crippen LogP contribution in [0, 0.1) is 5.82 Å². The zero-order chi connectivity index (χ0) is 21.6. The number of nitrogens with zero attached hydrogens (tertiary/aromatic N) is 4. The van der Waals surface area contributed by atoms with E-state index >= 15 is 0 Å². The van der Waals surface area contributed by atoms with E-state index in [1.165, 1.54) is 17.8 Å². The molecule has 2 aromatic carbocycles. The summed E-state index contributed by atoms with van der Waals surface area (Å²) in [5.74, 6) is -0.314. The zero-order valence-electron chi connectivity index (χ0n) is 16.8. The predicted octanol–water partition coefficient (Wildman–Crippen LogP) is 2.90. The first-order valence-electron chi connectivity index (χ1n) is 10.1. The molecule has 31 heavy (non-hydrogen) atoms. The normalized spacial score (nSPS) is 13.4. The minimum Gasteiger partial charge on any atom is -0.346 e. The molecule has 0 radical (unpaired) electrons. The third-order valence-electron chi connectivity index (χ3n) is 4.99. The highest BCUT2D eigenvalue weighted by atomic mass is 32.2. The van der Waals surface area contributed by atoms with Crippen molar-refractivity contribution in [2.75, 3.05) is 25.4 Å². The third-order valence-corrected chi connectivity index (χ3v) is 5.92. The summed E-state index contributed by atoms with van der Waals surface area (Å²) in [5.41, 5.74) is 1.09. The topological polar surface area (TPSA) is 80.1 Å². The predicted molar refractivity (Wildman–Crippen MR) is 116 cm³/mol. The van der Waals surface area contributed by atoms with Gasteiger partial charge in [0.2, 0.25) is 11.8 Å². The second-order valence-electron chi connectivity index (χ2n) is 7.11. The summed E-state index contributed by atoms with van der Waals surface area (Å²) in [7, 11) is 0. The molecule has 1 aliphatic heterocycles. The monoisotopic (exact) mass is 439 g/mol. The maximum absolute atomic E-state index is 14.4. The first-order chi connectivity index (χ1) is 15.1. The van der Waals surface area contributed by atoms with Crippen molar-refractivity contribution in [3.05, 3.63) is 60.4 Å². The van der Waals surface area contributed by atoms with Crippen molar-refractivity contribution in [2.45, 2.75) is 18.0 Å². The molecular formula is C22H22FN5O2S. The van der Waals surface area contributed by atoms with Crippen molar-refractivity contribution in [3.8, 4) is 17.1 Å². The minimum atomic E-state index is -0.401. The van der Waals surface area contributed by atoms with E-state index < -0.39 is 5.82 Å². The van der Waals surface area contributed by atoms with E-state index in [1.807, 2.05) is 30.3 Å². The summed E-state index contributed by atoms with van der Waals surface area (Å²) in [4.78, 5) is 26.2. The van der Waals surface area contributed by atoms with Crippen LogP contribution >= 0.6 is 11.8 Å². The van der Waals surface area contributed by atoms with Gasteiger partial charge in [-0.3, -0.25) is 14.2 Å². The van der Waals surface area contributed by atoms with Crippen LogP contribution in [0.5, 0.6) is 0 Å². The molecule has 2 heterocycles. The average molecular weight is 440 g/mol. The fourth-order valence-corrected chi connectivity index (χ4v) is 4.21. The maximum Gasteiger partial charge on any atom is 0.241 e. The van der Waals surface area contributed by atoms with E-state index in [-0.39, 0.29) is 24.1 Å². The summed E-state index contributed by atoms with van der Waals surface area (Å²) in [5, 5.41) is 11.5. The molecular weight excluding hydrogens is 417 g/mol. The Balaban J connectivity index is 1.49. The molecule has 9 heteroatoms. The van der Waals surface area contributed by atoms with Crippen molar-refractivity contribution < 1.29 is 14.0 Å². The molecule has 0 bridgehead atoms. The average Bonchev–Trinajstić information content (AvgIpc) is 3.47. The second-order valence-corrected chi connectivity index (χ2v) is 8.05. The van der Waals surface area contributed by atoms with E-state index in [4.69, 9.17) is 0 Å². The van der Waals surface area contributed by atoms with Crippen molar-refractivity contribution >= 4 is 23.6 Å². The number of thioether (sulfide) groups is 1. The van der Waals surface area contributed by atoms with E-state index in [1.54, 1.807) is 27.7 Å². The van der Waals surface area contributed by atoms with Gasteiger partial charge in [-0.15, -0.1) is 10.2 Å². The van der Waals surface area contributed by atoms with Gasteiger partial charge >= 0.3 is 0 Å². The number of para-hydroxylation sites is 1. The van der Waals surface area contributed by atoms with Crippen molar-refractivity contribution in [1.29, 1.82) is 0 Å². The smallest absolute Gasteiger partial charge is 0.241 e. The summed E-state index contributed by atoms with van der Waals surface area (Å²) < 4.78 is 16.1. The van der Waals surface area contributed by atoms with Crippen LogP contribution in [0.15, 0.2) is 59.8 Å². The van der Waals surface area contributed by atoms with E-state index in [0.29, 0.717) is 16.5 Å². The molecule has 0 saturated carbocycles. The number of carbonyl (C=O) groups excluding carboxylic acids is 2. The number of amides is 2. The molecule has 160 valence electrons. The maximum atomic E-state index is 14.4. The molecule has 0 atom stereocenters. The SMILES string of the molecule is O=C(CSc1nnc(-c2ccccc2F)n1-c1ccccc1)NCC(=O)N1CCCC1. The standard InChI is InChI=1S/C22H22FN5O2S/c23-18-11-5-4-10-17(18)21-25-26-22(28(21)16-8-2-1-3-9-16)31-15-19(29)24-14-20(30)27-12-6-7-13-27/h1-5,8-11H,6-7,12-15H2,(H,24,29). The van der Waals surface area contributed by atoms with Gasteiger partial charge in [0.25, 0.3) is 0 Å². The van der Waals surface area contributed by atoms with Gasteiger partial charge in [-0.05, 0) is 37.1 Å². The fourth-order valence-electron chi connectivity index (χ4n) is 3.42. The van der Waals surface area contributed by atoms with Crippen molar-refractivity contribution in [1.82, 2.24) is 25.0 Å². The van der Waals surface area contributed by atoms with Gasteiger partial charge in [0.15, 0.2) is 11.0 Å². The van der Waals surface area contributed by atoms with Gasteiger partial charge in [-0.1, -0.05) is 42.1 Å². The number of halogens is 1. The Labute approximate surface area is 183 Å². The molecule has 1 N–H and O–H groups in total. The molecule has 1 aromatic heterocycles. The van der Waals surface area contributed by atoms with Crippen LogP contribution < -0.4 is 5.32 Å². The van der Waals surface area contributed by atoms with Crippen LogP contribution in [0.25, 0.3) is 17.1 Å². The van der Waals surface area contributed by atoms with Crippen molar-refractivity contribution in [3.63, 3.8) is 0 Å². The first kappa shape index (κ1) is 21.0. The zero-order valence-corrected chi connectivity index (χ0v) is 17.6. The fraction of sp³-hybridized carbons (Fsp3) is 0.273. The second kappa shape index (κ2) is 9.74. The quantitative estimate of drug-likeness (QED) is 0.573. The van der Waals surface area contributed by atoms with E-state index in [9.17, 15) is 14.0 Å². The summed E-state index contributed by atoms with van der Waals surface area (Å²) in [6.07, 6.45) is 2.02. The molecule has 1 fully saturated rings. The van der Waals surface area contributed by atoms with Crippen molar-refractivity contribution in [2.24, 2.45) is 0 Å². The van der Waals surface area contributed by atoms with Crippen LogP contribution in [-0.2, 0) is 9.59 Å². The Morgan fingerprint density at radius 3 is 2.45 bits per heavy atom. The lowest BCUT2D eigenvalue weighted by Crippen LogP contribution is -2.39. The van der Waals surface area contributed by atoms with Crippen LogP contribution in [-0.4, -0.2) is 56.9 Å². The summed E-state index contributed by atoms with van der Waals surface area (Å²) >= 11 is 1.19. The van der Waals surface area contributed by atoms with Crippen LogP contribution in [0.3, 0.4) is 0 Å². The molecule has 0 spiro atoms. The highest BCUT2D eigenvalue weighted by Gasteiger charge is 2.21. The van der Waals surface area contributed by atoms with E-state index in [0.717, 1.165) is 31.6 Å². The number of benzene rings is 2. The lowest BCUT2D eigenvalue weighted by Gasteiger charge is -2.15. The molecule has 1 saturated heterocycles. The lowest BCUT2D eigenvalue weighted by molar-refractivity contribution is -0.131. The molecule has 2 amide bonds. The van der Waals surface area contributed by atoms with Gasteiger partial charge < -0.3 is 10.2 Å². The molecule has 1 aliphatic rings. The highest BCUT2D eigenvalue weighted by molar-refractivity contribution is 7.99. The molecule has 3 aromatic rings. The number of hydrogen-bond donors (Lipinski definition) is 1. The number of carbonyl (C=O) groups is 2. The highest BCUT2D eigenvalue weighted by Crippen LogP contribution is 2.29. The third kappa shape index (κ3) is 4.93. The Morgan fingerprint density at radius 2 is 1.71 bits per heavy atom. The number of likely N-dealkylation sites (tertiary alicyclic amines) is 1. The van der Waals surface area contributed by atoms with Crippen LogP contribution in [0.1, 0.15) is 12.8 Å². The Hall–Kier alpha value is -3.20. The molecule has 4 rings (SSSR count). The Kier molecular flexibility index (Phi) is 6.61. The van der Waals surface area contributed by atoms with Gasteiger partial charge in [-0.2, -0.15) is 0 Å². The molecule has 0 unspecified atom stereocenters. The van der Waals surface area contributed by atoms with Gasteiger partial charge in [0.05, 0.1) is 17.9 Å². The minimum absolute atomic E-state index is 0.00868. The summed E-state index contributed by atoms with van der Waals surface area (Å²) in [6.45, 7) is 1.50. The Bertz CT molecular complexity index is 1070. The largest absolute Gasteiger partial charge is 0.346 e. The number of nitrogens with one attached hydrogen (secondary N) is 1. The lowest BCUT2D eigenvalue weighted by atomic mass is 10.2. The Morgan fingerprint density at radius 1 is 1.00 bits per heavy atom. The van der Waals surface area contributed by atoms with E-state index in [2.05, 4.69) is 15.5 Å². The molecule has 7 nitrogen and oxygen atoms in total.